The first-order chi connectivity index (χ1) is 10.1. The smallest absolute Gasteiger partial charge is 0.224 e. The molecule has 0 amide bonds. The monoisotopic (exact) mass is 303 g/mol. The predicted molar refractivity (Wildman–Crippen MR) is 88.0 cm³/mol. The first-order valence-corrected chi connectivity index (χ1v) is 7.50. The van der Waals surface area contributed by atoms with Crippen LogP contribution in [0.4, 0.5) is 5.82 Å². The van der Waals surface area contributed by atoms with Gasteiger partial charge < -0.3 is 9.64 Å². The zero-order valence-corrected chi connectivity index (χ0v) is 13.2. The summed E-state index contributed by atoms with van der Waals surface area (Å²) in [5.41, 5.74) is 2.39. The molecule has 1 aliphatic rings. The van der Waals surface area contributed by atoms with Gasteiger partial charge in [0.2, 0.25) is 5.28 Å². The number of nitrogens with zero attached hydrogens (tertiary/aromatic N) is 3. The van der Waals surface area contributed by atoms with Gasteiger partial charge in [0.1, 0.15) is 13.7 Å². The summed E-state index contributed by atoms with van der Waals surface area (Å²) in [6.45, 7) is 7.07. The summed E-state index contributed by atoms with van der Waals surface area (Å²) in [4.78, 5) is 10.8. The second-order valence-electron chi connectivity index (χ2n) is 4.88. The molecular formula is C15H19BClN3O. The molecule has 2 rings (SSSR count). The molecule has 1 aromatic rings. The molecule has 0 spiro atoms. The van der Waals surface area contributed by atoms with Crippen molar-refractivity contribution in [2.45, 2.75) is 20.3 Å². The summed E-state index contributed by atoms with van der Waals surface area (Å²) in [6.07, 6.45) is 6.66. The van der Waals surface area contributed by atoms with E-state index in [2.05, 4.69) is 21.8 Å². The Bertz CT molecular complexity index is 554. The van der Waals surface area contributed by atoms with Crippen molar-refractivity contribution in [2.24, 2.45) is 0 Å². The summed E-state index contributed by atoms with van der Waals surface area (Å²) in [5.74, 6) is 0.858. The zero-order chi connectivity index (χ0) is 15.2. The molecule has 0 N–H and O–H groups in total. The van der Waals surface area contributed by atoms with E-state index in [1.165, 1.54) is 0 Å². The van der Waals surface area contributed by atoms with E-state index in [0.717, 1.165) is 36.6 Å². The molecule has 110 valence electrons. The first-order valence-electron chi connectivity index (χ1n) is 7.12. The fraction of sp³-hybridized carbons (Fsp3) is 0.467. The van der Waals surface area contributed by atoms with Gasteiger partial charge in [0.15, 0.2) is 0 Å². The van der Waals surface area contributed by atoms with E-state index in [1.54, 1.807) is 0 Å². The number of morpholine rings is 1. The van der Waals surface area contributed by atoms with Crippen molar-refractivity contribution in [1.82, 2.24) is 9.97 Å². The van der Waals surface area contributed by atoms with Crippen LogP contribution in [0.2, 0.25) is 5.28 Å². The zero-order valence-electron chi connectivity index (χ0n) is 12.5. The molecule has 2 heterocycles. The number of rotatable bonds is 4. The van der Waals surface area contributed by atoms with E-state index < -0.39 is 0 Å². The van der Waals surface area contributed by atoms with Gasteiger partial charge in [-0.2, -0.15) is 0 Å². The van der Waals surface area contributed by atoms with Gasteiger partial charge in [0.25, 0.3) is 0 Å². The highest BCUT2D eigenvalue weighted by Gasteiger charge is 2.17. The maximum Gasteiger partial charge on any atom is 0.224 e. The highest BCUT2D eigenvalue weighted by Crippen LogP contribution is 2.24. The standard InChI is InChI=1S/C15H19BClN3O/c1-3-4-5-12(16)10-13-11(2)14(19-15(17)18-13)20-6-8-21-9-7-20/h4-5,10H,3,6-9H2,1-2H3/b5-4-,12-10+. The Balaban J connectivity index is 2.34. The predicted octanol–water partition coefficient (Wildman–Crippen LogP) is 2.75. The van der Waals surface area contributed by atoms with Gasteiger partial charge >= 0.3 is 0 Å². The highest BCUT2D eigenvalue weighted by atomic mass is 35.5. The van der Waals surface area contributed by atoms with Crippen LogP contribution < -0.4 is 4.90 Å². The average Bonchev–Trinajstić information content (AvgIpc) is 2.49. The molecule has 6 heteroatoms. The Hall–Kier alpha value is -1.33. The first kappa shape index (κ1) is 16.1. The molecule has 21 heavy (non-hydrogen) atoms. The number of hydrogen-bond donors (Lipinski definition) is 0. The third-order valence-corrected chi connectivity index (χ3v) is 3.46. The molecule has 0 bridgehead atoms. The Labute approximate surface area is 132 Å². The molecule has 1 aliphatic heterocycles. The van der Waals surface area contributed by atoms with Crippen molar-refractivity contribution < 1.29 is 4.74 Å². The van der Waals surface area contributed by atoms with Crippen LogP contribution in [0.15, 0.2) is 17.6 Å². The number of hydrogen-bond acceptors (Lipinski definition) is 4. The summed E-state index contributed by atoms with van der Waals surface area (Å²) in [5, 5.41) is 0.237. The van der Waals surface area contributed by atoms with Crippen LogP contribution in [0.3, 0.4) is 0 Å². The lowest BCUT2D eigenvalue weighted by Gasteiger charge is -2.29. The number of allylic oxidation sites excluding steroid dienone is 3. The second-order valence-corrected chi connectivity index (χ2v) is 5.22. The third kappa shape index (κ3) is 4.32. The van der Waals surface area contributed by atoms with Gasteiger partial charge in [0.05, 0.1) is 18.9 Å². The maximum atomic E-state index is 6.06. The average molecular weight is 304 g/mol. The van der Waals surface area contributed by atoms with Gasteiger partial charge in [-0.15, -0.1) is 0 Å². The SMILES string of the molecule is [B]C(/C=C\CC)=C/c1nc(Cl)nc(N2CCOCC2)c1C. The molecule has 1 fully saturated rings. The number of aromatic nitrogens is 2. The van der Waals surface area contributed by atoms with Crippen molar-refractivity contribution >= 4 is 31.3 Å². The normalized spacial score (nSPS) is 16.7. The highest BCUT2D eigenvalue weighted by molar-refractivity contribution is 6.28. The van der Waals surface area contributed by atoms with Crippen LogP contribution in [0.25, 0.3) is 6.08 Å². The number of ether oxygens (including phenoxy) is 1. The Morgan fingerprint density at radius 2 is 2.10 bits per heavy atom. The van der Waals surface area contributed by atoms with Gasteiger partial charge in [-0.3, -0.25) is 0 Å². The van der Waals surface area contributed by atoms with Crippen molar-refractivity contribution in [3.63, 3.8) is 0 Å². The largest absolute Gasteiger partial charge is 0.378 e. The minimum Gasteiger partial charge on any atom is -0.378 e. The topological polar surface area (TPSA) is 38.2 Å². The van der Waals surface area contributed by atoms with Crippen molar-refractivity contribution in [3.05, 3.63) is 34.2 Å². The summed E-state index contributed by atoms with van der Waals surface area (Å²) < 4.78 is 5.37. The van der Waals surface area contributed by atoms with E-state index in [1.807, 2.05) is 25.2 Å². The lowest BCUT2D eigenvalue weighted by molar-refractivity contribution is 0.122. The van der Waals surface area contributed by atoms with Crippen molar-refractivity contribution in [2.75, 3.05) is 31.2 Å². The van der Waals surface area contributed by atoms with Crippen LogP contribution in [0.1, 0.15) is 24.6 Å². The second kappa shape index (κ2) is 7.62. The van der Waals surface area contributed by atoms with Crippen molar-refractivity contribution in [3.8, 4) is 0 Å². The molecule has 0 atom stereocenters. The fourth-order valence-electron chi connectivity index (χ4n) is 2.18. The molecule has 2 radical (unpaired) electrons. The van der Waals surface area contributed by atoms with Crippen molar-refractivity contribution in [1.29, 1.82) is 0 Å². The minimum atomic E-state index is 0.237. The number of halogens is 1. The molecule has 0 unspecified atom stereocenters. The summed E-state index contributed by atoms with van der Waals surface area (Å²) >= 11 is 6.06. The third-order valence-electron chi connectivity index (χ3n) is 3.29. The van der Waals surface area contributed by atoms with E-state index in [9.17, 15) is 0 Å². The number of anilines is 1. The van der Waals surface area contributed by atoms with E-state index >= 15 is 0 Å². The van der Waals surface area contributed by atoms with Gasteiger partial charge in [-0.25, -0.2) is 9.97 Å². The van der Waals surface area contributed by atoms with Crippen LogP contribution in [-0.4, -0.2) is 44.1 Å². The van der Waals surface area contributed by atoms with Gasteiger partial charge in [-0.05, 0) is 31.0 Å². The van der Waals surface area contributed by atoms with Gasteiger partial charge in [0, 0.05) is 18.7 Å². The van der Waals surface area contributed by atoms with Gasteiger partial charge in [-0.1, -0.05) is 24.5 Å². The molecular weight excluding hydrogens is 284 g/mol. The van der Waals surface area contributed by atoms with E-state index in [-0.39, 0.29) is 5.28 Å². The fourth-order valence-corrected chi connectivity index (χ4v) is 2.35. The van der Waals surface area contributed by atoms with Crippen LogP contribution >= 0.6 is 11.6 Å². The van der Waals surface area contributed by atoms with Crippen LogP contribution in [0.5, 0.6) is 0 Å². The molecule has 0 saturated carbocycles. The molecule has 4 nitrogen and oxygen atoms in total. The quantitative estimate of drug-likeness (QED) is 0.487. The molecule has 1 saturated heterocycles. The maximum absolute atomic E-state index is 6.06. The molecule has 0 aliphatic carbocycles. The lowest BCUT2D eigenvalue weighted by atomic mass is 9.93. The Kier molecular flexibility index (Phi) is 5.82. The Morgan fingerprint density at radius 1 is 1.38 bits per heavy atom. The summed E-state index contributed by atoms with van der Waals surface area (Å²) in [7, 11) is 5.98. The Morgan fingerprint density at radius 3 is 2.76 bits per heavy atom. The van der Waals surface area contributed by atoms with E-state index in [0.29, 0.717) is 18.7 Å². The lowest BCUT2D eigenvalue weighted by Crippen LogP contribution is -2.37. The summed E-state index contributed by atoms with van der Waals surface area (Å²) in [6, 6.07) is 0. The van der Waals surface area contributed by atoms with Crippen LogP contribution in [0, 0.1) is 6.92 Å². The molecule has 0 aromatic carbocycles. The van der Waals surface area contributed by atoms with E-state index in [4.69, 9.17) is 24.2 Å². The van der Waals surface area contributed by atoms with Crippen LogP contribution in [-0.2, 0) is 4.74 Å². The minimum absolute atomic E-state index is 0.237. The molecule has 1 aromatic heterocycles.